The summed E-state index contributed by atoms with van der Waals surface area (Å²) in [5, 5.41) is 22.9. The van der Waals surface area contributed by atoms with E-state index >= 15 is 0 Å². The van der Waals surface area contributed by atoms with Gasteiger partial charge in [0, 0.05) is 146 Å². The van der Waals surface area contributed by atoms with Gasteiger partial charge in [0.05, 0.1) is 59.2 Å². The lowest BCUT2D eigenvalue weighted by atomic mass is 9.94. The molecule has 2 saturated heterocycles. The fourth-order valence-corrected chi connectivity index (χ4v) is 13.3. The Balaban J connectivity index is 0.787. The Morgan fingerprint density at radius 3 is 1.24 bits per heavy atom. The molecule has 0 aliphatic carbocycles. The Morgan fingerprint density at radius 2 is 0.915 bits per heavy atom. The maximum Gasteiger partial charge on any atom is 0.432 e. The molecule has 6 aromatic rings. The van der Waals surface area contributed by atoms with E-state index in [-0.39, 0.29) is 118 Å². The average molecular weight is 1350 g/mol. The minimum Gasteiger partial charge on any atom is -0.465 e. The van der Waals surface area contributed by atoms with Crippen LogP contribution in [0.25, 0.3) is 21.8 Å². The molecule has 0 bridgehead atoms. The van der Waals surface area contributed by atoms with Crippen LogP contribution in [0.1, 0.15) is 86.9 Å². The number of Topliss-reactive ketones (excluding diaryl/α,β-unsaturated/α-hetero) is 3. The van der Waals surface area contributed by atoms with Crippen LogP contribution >= 0.6 is 23.2 Å². The third-order valence-electron chi connectivity index (χ3n) is 17.7. The van der Waals surface area contributed by atoms with Gasteiger partial charge in [0.1, 0.15) is 23.5 Å². The summed E-state index contributed by atoms with van der Waals surface area (Å²) in [6, 6.07) is 6.37. The van der Waals surface area contributed by atoms with Crippen LogP contribution in [0.2, 0.25) is 0 Å². The van der Waals surface area contributed by atoms with E-state index in [1.165, 1.54) is 58.3 Å². The van der Waals surface area contributed by atoms with Crippen LogP contribution in [-0.2, 0) is 36.2 Å². The van der Waals surface area contributed by atoms with Crippen molar-refractivity contribution in [3.8, 4) is 11.5 Å². The number of hydrogen-bond donors (Lipinski definition) is 6. The van der Waals surface area contributed by atoms with E-state index in [9.17, 15) is 69.5 Å². The highest BCUT2D eigenvalue weighted by molar-refractivity contribution is 6.70. The first-order valence-corrected chi connectivity index (χ1v) is 30.1. The molecular weight excluding hydrogens is 1290 g/mol. The number of esters is 2. The van der Waals surface area contributed by atoms with Gasteiger partial charge in [-0.05, 0) is 61.6 Å². The van der Waals surface area contributed by atoms with Crippen molar-refractivity contribution < 1.29 is 88.4 Å². The van der Waals surface area contributed by atoms with Gasteiger partial charge in [0.25, 0.3) is 17.6 Å². The molecule has 25 nitrogen and oxygen atoms in total. The molecule has 4 amide bonds. The van der Waals surface area contributed by atoms with Gasteiger partial charge in [0.15, 0.2) is 11.5 Å². The van der Waals surface area contributed by atoms with Gasteiger partial charge in [-0.15, -0.1) is 23.2 Å². The van der Waals surface area contributed by atoms with Crippen LogP contribution in [0.4, 0.5) is 58.7 Å². The lowest BCUT2D eigenvalue weighted by molar-refractivity contribution is -0.143. The Morgan fingerprint density at radius 1 is 0.553 bits per heavy atom. The number of hydrogen-bond acceptors (Lipinski definition) is 19. The number of H-pyrrole nitrogens is 2. The maximum absolute atomic E-state index is 14.8. The van der Waals surface area contributed by atoms with Crippen molar-refractivity contribution in [2.75, 3.05) is 126 Å². The van der Waals surface area contributed by atoms with E-state index in [0.717, 1.165) is 24.0 Å². The molecule has 6 aliphatic heterocycles. The number of methoxy groups -OCH3 is 2. The van der Waals surface area contributed by atoms with Crippen molar-refractivity contribution in [3.63, 3.8) is 0 Å². The molecule has 4 atom stereocenters. The molecule has 6 aliphatic rings. The Labute approximate surface area is 537 Å². The van der Waals surface area contributed by atoms with Crippen LogP contribution in [0.5, 0.6) is 11.5 Å². The standard InChI is InChI=1S/C61H54Cl2F6N12O13/c1-76-9-13-78(14-10-76)58(89)93-35-19-33-37(39-41(56(87)91-3)52(60(64,65)66)74-45(35)39)27(21-62)23-80(33)54(85)25-5-7-31-29(17-25)43(70)47(72-31)49(82)51(84)50(83)48-44(71)30-18-26(6-8-32(30)73-48)55(86)81-24-28(22-63)38-34(81)20-36(94-59(90)79-15-11-77(2)12-16-79)46-40(38)42(57(88)92-4)53(75-46)61(67,68)69/h5-8,17-20,27-28,47-48,70-75H,9-16,21-24H2,1-4H3/t27?,28?,47-,48-/m0/s1. The quantitative estimate of drug-likeness (QED) is 0.0228. The molecule has 0 saturated carbocycles. The molecule has 492 valence electrons. The Kier molecular flexibility index (Phi) is 16.5. The zero-order chi connectivity index (χ0) is 67.5. The van der Waals surface area contributed by atoms with E-state index in [0.29, 0.717) is 26.2 Å². The zero-order valence-corrected chi connectivity index (χ0v) is 51.4. The van der Waals surface area contributed by atoms with Crippen molar-refractivity contribution in [2.45, 2.75) is 36.3 Å². The number of alkyl halides is 8. The highest BCUT2D eigenvalue weighted by Gasteiger charge is 2.49. The number of halogens is 8. The summed E-state index contributed by atoms with van der Waals surface area (Å²) >= 11 is 12.9. The van der Waals surface area contributed by atoms with Gasteiger partial charge >= 0.3 is 36.5 Å². The van der Waals surface area contributed by atoms with E-state index in [1.807, 2.05) is 23.9 Å². The number of piperazine rings is 2. The number of aromatic nitrogens is 2. The lowest BCUT2D eigenvalue weighted by Gasteiger charge is -2.31. The van der Waals surface area contributed by atoms with Crippen molar-refractivity contribution in [1.29, 1.82) is 10.8 Å². The highest BCUT2D eigenvalue weighted by atomic mass is 35.5. The minimum absolute atomic E-state index is 0.0230. The Hall–Kier alpha value is -9.59. The topological polar surface area (TPSA) is 313 Å². The summed E-state index contributed by atoms with van der Waals surface area (Å²) in [6.07, 6.45) is -12.2. The Bertz CT molecular complexity index is 4080. The van der Waals surface area contributed by atoms with Crippen molar-refractivity contribution >= 4 is 132 Å². The number of nitrogens with one attached hydrogen (secondary N) is 6. The largest absolute Gasteiger partial charge is 0.465 e. The van der Waals surface area contributed by atoms with Crippen molar-refractivity contribution in [2.24, 2.45) is 0 Å². The molecular formula is C61H54Cl2F6N12O13. The summed E-state index contributed by atoms with van der Waals surface area (Å²) in [6.45, 7) is 2.13. The normalized spacial score (nSPS) is 19.6. The molecule has 4 aromatic carbocycles. The number of aromatic amines is 2. The zero-order valence-electron chi connectivity index (χ0n) is 49.9. The van der Waals surface area contributed by atoms with Gasteiger partial charge in [-0.25, -0.2) is 19.2 Å². The SMILES string of the molecule is COC(=O)c1c(C(F)(F)F)[nH]c2c(OC(=O)N3CCN(C)CC3)cc3c(c12)C(CCl)CN3C(=O)c1ccc2c(c1)C(=N)[C@@H](C(=O)C(=O)C(=O)[C@H]1Nc3ccc(C(=O)N4CC(CCl)c5c4cc(OC(=O)N4CCN(C)CC4)c4[nH]c(C(F)(F)F)c(C(=O)OC)c54)cc3C1=N)N2. The number of carbonyl (C=O) groups excluding carboxylic acids is 9. The number of likely N-dealkylation sites (N-methyl/N-ethyl adjacent to an activating group) is 2. The monoisotopic (exact) mass is 1350 g/mol. The summed E-state index contributed by atoms with van der Waals surface area (Å²) in [5.74, 6) is -12.3. The number of rotatable bonds is 12. The molecule has 12 rings (SSSR count). The van der Waals surface area contributed by atoms with Gasteiger partial charge in [-0.3, -0.25) is 24.0 Å². The first-order valence-electron chi connectivity index (χ1n) is 29.0. The number of ether oxygens (including phenoxy) is 4. The number of benzene rings is 4. The predicted octanol–water partition coefficient (Wildman–Crippen LogP) is 7.45. The molecule has 2 fully saturated rings. The number of fused-ring (bicyclic) bond motifs is 8. The molecule has 94 heavy (non-hydrogen) atoms. The molecule has 6 N–H and O–H groups in total. The van der Waals surface area contributed by atoms with Crippen LogP contribution in [0.15, 0.2) is 48.5 Å². The molecule has 8 heterocycles. The number of nitrogens with zero attached hydrogens (tertiary/aromatic N) is 6. The minimum atomic E-state index is -5.17. The smallest absolute Gasteiger partial charge is 0.432 e. The third-order valence-corrected chi connectivity index (χ3v) is 18.5. The fraction of sp³-hybridized carbons (Fsp3) is 0.361. The summed E-state index contributed by atoms with van der Waals surface area (Å²) in [5.41, 5.74) is -7.27. The number of carbonyl (C=O) groups is 9. The van der Waals surface area contributed by atoms with E-state index in [1.54, 1.807) is 0 Å². The first-order chi connectivity index (χ1) is 44.6. The predicted molar refractivity (Wildman–Crippen MR) is 326 cm³/mol. The fourth-order valence-electron chi connectivity index (χ4n) is 12.8. The van der Waals surface area contributed by atoms with Crippen LogP contribution in [0, 0.1) is 10.8 Å². The number of anilines is 4. The van der Waals surface area contributed by atoms with Crippen LogP contribution < -0.4 is 29.9 Å². The second-order valence-corrected chi connectivity index (χ2v) is 23.9. The first kappa shape index (κ1) is 64.5. The maximum atomic E-state index is 14.8. The molecule has 0 spiro atoms. The van der Waals surface area contributed by atoms with Gasteiger partial charge in [-0.1, -0.05) is 0 Å². The van der Waals surface area contributed by atoms with Gasteiger partial charge < -0.3 is 79.8 Å². The van der Waals surface area contributed by atoms with Gasteiger partial charge in [-0.2, -0.15) is 26.3 Å². The summed E-state index contributed by atoms with van der Waals surface area (Å²) in [4.78, 5) is 139. The van der Waals surface area contributed by atoms with Crippen molar-refractivity contribution in [1.82, 2.24) is 29.6 Å². The second-order valence-electron chi connectivity index (χ2n) is 23.3. The highest BCUT2D eigenvalue weighted by Crippen LogP contribution is 2.52. The molecule has 33 heteroatoms. The van der Waals surface area contributed by atoms with Crippen molar-refractivity contribution in [3.05, 3.63) is 104 Å². The van der Waals surface area contributed by atoms with Crippen LogP contribution in [-0.4, -0.2) is 212 Å². The van der Waals surface area contributed by atoms with Crippen LogP contribution in [0.3, 0.4) is 0 Å². The third kappa shape index (κ3) is 10.8. The van der Waals surface area contributed by atoms with Gasteiger partial charge in [0.2, 0.25) is 11.6 Å². The number of amides is 4. The average Bonchev–Trinajstić information content (AvgIpc) is 1.56. The molecule has 0 radical (unpaired) electrons. The summed E-state index contributed by atoms with van der Waals surface area (Å²) in [7, 11) is 5.43. The lowest BCUT2D eigenvalue weighted by Crippen LogP contribution is -2.48. The summed E-state index contributed by atoms with van der Waals surface area (Å²) < 4.78 is 110. The molecule has 2 aromatic heterocycles. The molecule has 2 unspecified atom stereocenters. The van der Waals surface area contributed by atoms with E-state index < -0.39 is 146 Å². The second kappa shape index (κ2) is 24.1. The van der Waals surface area contributed by atoms with E-state index in [4.69, 9.17) is 53.0 Å². The van der Waals surface area contributed by atoms with E-state index in [2.05, 4.69) is 20.6 Å². The number of ketones is 3.